The number of fused-ring (bicyclic) bond motifs is 2. The quantitative estimate of drug-likeness (QED) is 0.184. The number of unbranched alkanes of at least 4 members (excludes halogenated alkanes) is 1. The average Bonchev–Trinajstić information content (AvgIpc) is 3.60. The van der Waals surface area contributed by atoms with Gasteiger partial charge in [0.2, 0.25) is 5.91 Å². The summed E-state index contributed by atoms with van der Waals surface area (Å²) in [6, 6.07) is 8.76. The Labute approximate surface area is 234 Å². The average molecular weight is 550 g/mol. The van der Waals surface area contributed by atoms with Gasteiger partial charge < -0.3 is 15.6 Å². The molecule has 41 heavy (non-hydrogen) atoms. The van der Waals surface area contributed by atoms with E-state index in [-0.39, 0.29) is 11.7 Å². The summed E-state index contributed by atoms with van der Waals surface area (Å²) in [5.74, 6) is 0.196. The summed E-state index contributed by atoms with van der Waals surface area (Å²) < 4.78 is 14.4. The topological polar surface area (TPSA) is 137 Å². The van der Waals surface area contributed by atoms with Crippen molar-refractivity contribution in [3.05, 3.63) is 72.7 Å². The van der Waals surface area contributed by atoms with Gasteiger partial charge in [0, 0.05) is 48.2 Å². The molecule has 0 fully saturated rings. The van der Waals surface area contributed by atoms with Crippen LogP contribution in [0.4, 0.5) is 10.1 Å². The summed E-state index contributed by atoms with van der Waals surface area (Å²) >= 11 is 0. The largest absolute Gasteiger partial charge is 0.335 e. The van der Waals surface area contributed by atoms with Crippen LogP contribution in [0.25, 0.3) is 55.8 Å². The van der Waals surface area contributed by atoms with Crippen molar-refractivity contribution in [1.29, 1.82) is 0 Å². The lowest BCUT2D eigenvalue weighted by Gasteiger charge is -2.07. The highest BCUT2D eigenvalue weighted by atomic mass is 19.1. The second-order valence-corrected chi connectivity index (χ2v) is 9.85. The molecule has 0 atom stereocenters. The first-order valence-corrected chi connectivity index (χ1v) is 13.4. The molecule has 5 heterocycles. The lowest BCUT2D eigenvalue weighted by atomic mass is 10.0. The number of rotatable bonds is 9. The molecule has 10 nitrogen and oxygen atoms in total. The Morgan fingerprint density at radius 1 is 0.976 bits per heavy atom. The van der Waals surface area contributed by atoms with Crippen molar-refractivity contribution in [2.24, 2.45) is 0 Å². The zero-order valence-corrected chi connectivity index (χ0v) is 22.6. The summed E-state index contributed by atoms with van der Waals surface area (Å²) in [4.78, 5) is 33.6. The van der Waals surface area contributed by atoms with Crippen LogP contribution >= 0.6 is 0 Å². The van der Waals surface area contributed by atoms with Crippen LogP contribution in [-0.2, 0) is 11.3 Å². The van der Waals surface area contributed by atoms with Gasteiger partial charge in [-0.25, -0.2) is 14.4 Å². The third-order valence-electron chi connectivity index (χ3n) is 6.80. The number of hydrogen-bond donors (Lipinski definition) is 4. The van der Waals surface area contributed by atoms with Gasteiger partial charge in [0.25, 0.3) is 0 Å². The summed E-state index contributed by atoms with van der Waals surface area (Å²) in [6.45, 7) is 2.59. The van der Waals surface area contributed by atoms with Crippen LogP contribution in [0, 0.1) is 5.82 Å². The van der Waals surface area contributed by atoms with E-state index in [4.69, 9.17) is 4.98 Å². The number of pyridine rings is 3. The summed E-state index contributed by atoms with van der Waals surface area (Å²) in [7, 11) is 1.82. The number of aromatic amines is 2. The van der Waals surface area contributed by atoms with E-state index in [2.05, 4.69) is 47.7 Å². The van der Waals surface area contributed by atoms with Gasteiger partial charge in [0.05, 0.1) is 34.5 Å². The van der Waals surface area contributed by atoms with Crippen molar-refractivity contribution >= 4 is 33.7 Å². The first kappa shape index (κ1) is 26.2. The molecule has 206 valence electrons. The fraction of sp³-hybridized carbons (Fsp3) is 0.200. The van der Waals surface area contributed by atoms with Gasteiger partial charge in [-0.2, -0.15) is 5.10 Å². The number of amides is 1. The van der Waals surface area contributed by atoms with Crippen LogP contribution < -0.4 is 10.6 Å². The number of carbonyl (C=O) groups excluding carboxylic acids is 1. The fourth-order valence-electron chi connectivity index (χ4n) is 4.84. The van der Waals surface area contributed by atoms with Crippen LogP contribution in [0.15, 0.2) is 61.3 Å². The molecule has 5 aromatic heterocycles. The molecule has 1 amide bonds. The number of carbonyl (C=O) groups is 1. The molecule has 4 N–H and O–H groups in total. The minimum atomic E-state index is -0.322. The van der Waals surface area contributed by atoms with Crippen LogP contribution in [-0.4, -0.2) is 48.1 Å². The van der Waals surface area contributed by atoms with E-state index >= 15 is 0 Å². The number of nitrogens with one attached hydrogen (secondary N) is 4. The molecule has 11 heteroatoms. The number of hydrogen-bond acceptors (Lipinski definition) is 7. The normalized spacial score (nSPS) is 11.4. The van der Waals surface area contributed by atoms with Crippen molar-refractivity contribution < 1.29 is 9.18 Å². The van der Waals surface area contributed by atoms with Crippen LogP contribution in [0.2, 0.25) is 0 Å². The third kappa shape index (κ3) is 5.39. The molecule has 0 unspecified atom stereocenters. The monoisotopic (exact) mass is 549 g/mol. The maximum atomic E-state index is 14.4. The Hall–Kier alpha value is -5.03. The molecular weight excluding hydrogens is 521 g/mol. The zero-order chi connectivity index (χ0) is 28.3. The van der Waals surface area contributed by atoms with Gasteiger partial charge in [0.15, 0.2) is 11.5 Å². The Balaban J connectivity index is 1.37. The first-order valence-electron chi connectivity index (χ1n) is 13.4. The van der Waals surface area contributed by atoms with Crippen molar-refractivity contribution in [1.82, 2.24) is 40.4 Å². The lowest BCUT2D eigenvalue weighted by molar-refractivity contribution is -0.116. The van der Waals surface area contributed by atoms with E-state index in [9.17, 15) is 9.18 Å². The molecule has 0 bridgehead atoms. The van der Waals surface area contributed by atoms with Crippen molar-refractivity contribution in [3.63, 3.8) is 0 Å². The molecule has 0 aliphatic rings. The van der Waals surface area contributed by atoms with E-state index < -0.39 is 0 Å². The van der Waals surface area contributed by atoms with Crippen molar-refractivity contribution in [2.75, 3.05) is 12.4 Å². The number of halogens is 1. The summed E-state index contributed by atoms with van der Waals surface area (Å²) in [5, 5.41) is 14.2. The number of anilines is 1. The van der Waals surface area contributed by atoms with E-state index in [1.54, 1.807) is 31.0 Å². The summed E-state index contributed by atoms with van der Waals surface area (Å²) in [5.41, 5.74) is 7.04. The number of nitrogens with zero attached hydrogens (tertiary/aromatic N) is 5. The highest BCUT2D eigenvalue weighted by Crippen LogP contribution is 2.33. The van der Waals surface area contributed by atoms with Gasteiger partial charge in [-0.1, -0.05) is 13.3 Å². The highest BCUT2D eigenvalue weighted by Gasteiger charge is 2.17. The molecule has 0 aliphatic carbocycles. The molecule has 6 rings (SSSR count). The van der Waals surface area contributed by atoms with E-state index in [1.807, 2.05) is 25.2 Å². The second-order valence-electron chi connectivity index (χ2n) is 9.85. The minimum Gasteiger partial charge on any atom is -0.335 e. The molecular formula is C30H28FN9O. The zero-order valence-electron chi connectivity index (χ0n) is 22.6. The molecule has 0 saturated heterocycles. The van der Waals surface area contributed by atoms with Crippen LogP contribution in [0.1, 0.15) is 31.7 Å². The number of aromatic nitrogens is 7. The van der Waals surface area contributed by atoms with Gasteiger partial charge >= 0.3 is 0 Å². The standard InChI is InChI=1S/C30H28FN9O/c1-3-4-5-26(41)36-22-9-19(12-33-14-22)20-10-23-28(39-40-29(23)35-13-20)30-37-25-16-34-15-24(27(25)38-30)18-6-17(11-32-2)7-21(31)8-18/h6-10,12-16,32H,3-5,11H2,1-2H3,(H,36,41)(H,37,38)(H,35,39,40). The fourth-order valence-corrected chi connectivity index (χ4v) is 4.84. The first-order chi connectivity index (χ1) is 20.0. The Bertz CT molecular complexity index is 1880. The number of imidazole rings is 1. The van der Waals surface area contributed by atoms with Crippen LogP contribution in [0.3, 0.4) is 0 Å². The molecule has 0 radical (unpaired) electrons. The molecule has 0 aliphatic heterocycles. The predicted octanol–water partition coefficient (Wildman–Crippen LogP) is 5.61. The maximum absolute atomic E-state index is 14.4. The van der Waals surface area contributed by atoms with E-state index in [0.717, 1.165) is 34.9 Å². The molecule has 6 aromatic rings. The smallest absolute Gasteiger partial charge is 0.224 e. The maximum Gasteiger partial charge on any atom is 0.224 e. The Morgan fingerprint density at radius 2 is 1.83 bits per heavy atom. The number of H-pyrrole nitrogens is 2. The van der Waals surface area contributed by atoms with Gasteiger partial charge in [-0.3, -0.25) is 19.9 Å². The minimum absolute atomic E-state index is 0.0354. The van der Waals surface area contributed by atoms with Crippen LogP contribution in [0.5, 0.6) is 0 Å². The van der Waals surface area contributed by atoms with Gasteiger partial charge in [-0.15, -0.1) is 0 Å². The lowest BCUT2D eigenvalue weighted by Crippen LogP contribution is -2.11. The predicted molar refractivity (Wildman–Crippen MR) is 156 cm³/mol. The summed E-state index contributed by atoms with van der Waals surface area (Å²) in [6.07, 6.45) is 10.7. The third-order valence-corrected chi connectivity index (χ3v) is 6.80. The number of benzene rings is 1. The highest BCUT2D eigenvalue weighted by molar-refractivity contribution is 5.97. The Morgan fingerprint density at radius 3 is 2.68 bits per heavy atom. The van der Waals surface area contributed by atoms with E-state index in [0.29, 0.717) is 58.0 Å². The molecule has 0 saturated carbocycles. The van der Waals surface area contributed by atoms with Crippen molar-refractivity contribution in [3.8, 4) is 33.8 Å². The van der Waals surface area contributed by atoms with Gasteiger partial charge in [0.1, 0.15) is 11.5 Å². The Kier molecular flexibility index (Phi) is 7.17. The molecule has 0 spiro atoms. The second kappa shape index (κ2) is 11.2. The SMILES string of the molecule is CCCCC(=O)Nc1cncc(-c2cnc3n[nH]c(-c4nc5c(-c6cc(F)cc(CNC)c6)cncc5[nH]4)c3c2)c1. The van der Waals surface area contributed by atoms with Gasteiger partial charge in [-0.05, 0) is 54.9 Å². The molecule has 1 aromatic carbocycles. The van der Waals surface area contributed by atoms with E-state index in [1.165, 1.54) is 12.1 Å². The van der Waals surface area contributed by atoms with Crippen molar-refractivity contribution in [2.45, 2.75) is 32.7 Å².